The molecule has 0 spiro atoms. The van der Waals surface area contributed by atoms with Crippen LogP contribution in [0.15, 0.2) is 4.99 Å². The molecule has 0 radical (unpaired) electrons. The Bertz CT molecular complexity index is 281. The quantitative estimate of drug-likeness (QED) is 0.399. The highest BCUT2D eigenvalue weighted by molar-refractivity contribution is 5.79. The molecule has 0 aromatic heterocycles. The second-order valence-electron chi connectivity index (χ2n) is 6.12. The van der Waals surface area contributed by atoms with Crippen LogP contribution in [0.4, 0.5) is 0 Å². The van der Waals surface area contributed by atoms with Crippen molar-refractivity contribution in [2.45, 2.75) is 26.7 Å². The molecular weight excluding hydrogens is 252 g/mol. The number of nitrogens with zero attached hydrogens (tertiary/aromatic N) is 2. The van der Waals surface area contributed by atoms with Crippen LogP contribution in [0.5, 0.6) is 0 Å². The fraction of sp³-hybridized carbons (Fsp3) is 0.933. The van der Waals surface area contributed by atoms with Crippen LogP contribution in [0.2, 0.25) is 0 Å². The molecule has 1 rings (SSSR count). The van der Waals surface area contributed by atoms with Gasteiger partial charge in [0.25, 0.3) is 0 Å². The monoisotopic (exact) mass is 284 g/mol. The number of nitrogens with one attached hydrogen (secondary N) is 2. The molecular formula is C15H32N4O. The maximum Gasteiger partial charge on any atom is 0.190 e. The first kappa shape index (κ1) is 17.2. The van der Waals surface area contributed by atoms with Crippen molar-refractivity contribution in [3.8, 4) is 0 Å². The zero-order valence-corrected chi connectivity index (χ0v) is 13.6. The van der Waals surface area contributed by atoms with Crippen LogP contribution in [0.1, 0.15) is 26.7 Å². The molecule has 0 aromatic carbocycles. The minimum Gasteiger partial charge on any atom is -0.381 e. The summed E-state index contributed by atoms with van der Waals surface area (Å²) in [5.74, 6) is 2.26. The van der Waals surface area contributed by atoms with Crippen molar-refractivity contribution in [2.24, 2.45) is 16.8 Å². The summed E-state index contributed by atoms with van der Waals surface area (Å²) in [5, 5.41) is 6.75. The van der Waals surface area contributed by atoms with E-state index in [9.17, 15) is 0 Å². The van der Waals surface area contributed by atoms with Crippen LogP contribution < -0.4 is 10.6 Å². The zero-order valence-electron chi connectivity index (χ0n) is 13.6. The standard InChI is InChI=1S/C15H32N4O/c1-13(2)12-20-9-5-7-17-15(16-3)18-10-14-6-8-19(4)11-14/h13-14H,5-12H2,1-4H3,(H2,16,17,18). The van der Waals surface area contributed by atoms with Crippen molar-refractivity contribution in [2.75, 3.05) is 53.5 Å². The summed E-state index contributed by atoms with van der Waals surface area (Å²) in [4.78, 5) is 6.64. The predicted octanol–water partition coefficient (Wildman–Crippen LogP) is 1.17. The number of hydrogen-bond acceptors (Lipinski definition) is 3. The van der Waals surface area contributed by atoms with Crippen molar-refractivity contribution in [1.82, 2.24) is 15.5 Å². The van der Waals surface area contributed by atoms with Gasteiger partial charge in [-0.1, -0.05) is 13.8 Å². The van der Waals surface area contributed by atoms with Crippen LogP contribution >= 0.6 is 0 Å². The average molecular weight is 284 g/mol. The van der Waals surface area contributed by atoms with E-state index in [0.717, 1.165) is 44.6 Å². The van der Waals surface area contributed by atoms with Gasteiger partial charge in [0, 0.05) is 39.9 Å². The Balaban J connectivity index is 2.02. The van der Waals surface area contributed by atoms with E-state index in [-0.39, 0.29) is 0 Å². The van der Waals surface area contributed by atoms with Crippen molar-refractivity contribution >= 4 is 5.96 Å². The summed E-state index contributed by atoms with van der Waals surface area (Å²) < 4.78 is 5.56. The minimum absolute atomic E-state index is 0.613. The molecule has 0 amide bonds. The molecule has 1 aliphatic heterocycles. The summed E-state index contributed by atoms with van der Waals surface area (Å²) in [6.45, 7) is 10.3. The maximum atomic E-state index is 5.56. The van der Waals surface area contributed by atoms with E-state index in [1.54, 1.807) is 0 Å². The van der Waals surface area contributed by atoms with Crippen molar-refractivity contribution in [3.05, 3.63) is 0 Å². The molecule has 0 aromatic rings. The molecule has 5 nitrogen and oxygen atoms in total. The van der Waals surface area contributed by atoms with Gasteiger partial charge in [-0.25, -0.2) is 0 Å². The predicted molar refractivity (Wildman–Crippen MR) is 85.2 cm³/mol. The number of hydrogen-bond donors (Lipinski definition) is 2. The largest absolute Gasteiger partial charge is 0.381 e. The van der Waals surface area contributed by atoms with Crippen LogP contribution in [-0.2, 0) is 4.74 Å². The molecule has 1 heterocycles. The Morgan fingerprint density at radius 2 is 2.20 bits per heavy atom. The van der Waals surface area contributed by atoms with Gasteiger partial charge < -0.3 is 20.3 Å². The lowest BCUT2D eigenvalue weighted by Crippen LogP contribution is -2.40. The van der Waals surface area contributed by atoms with Gasteiger partial charge in [-0.2, -0.15) is 0 Å². The molecule has 5 heteroatoms. The number of guanidine groups is 1. The van der Waals surface area contributed by atoms with Crippen molar-refractivity contribution < 1.29 is 4.74 Å². The molecule has 0 aliphatic carbocycles. The molecule has 0 bridgehead atoms. The SMILES string of the molecule is CN=C(NCCCOCC(C)C)NCC1CCN(C)C1. The normalized spacial score (nSPS) is 20.6. The van der Waals surface area contributed by atoms with E-state index in [1.165, 1.54) is 19.5 Å². The lowest BCUT2D eigenvalue weighted by molar-refractivity contribution is 0.108. The van der Waals surface area contributed by atoms with Gasteiger partial charge in [-0.05, 0) is 38.3 Å². The topological polar surface area (TPSA) is 48.9 Å². The summed E-state index contributed by atoms with van der Waals surface area (Å²) in [5.41, 5.74) is 0. The van der Waals surface area contributed by atoms with Crippen LogP contribution in [0.3, 0.4) is 0 Å². The van der Waals surface area contributed by atoms with E-state index in [4.69, 9.17) is 4.74 Å². The van der Waals surface area contributed by atoms with Crippen LogP contribution in [0.25, 0.3) is 0 Å². The van der Waals surface area contributed by atoms with Crippen molar-refractivity contribution in [3.63, 3.8) is 0 Å². The summed E-state index contributed by atoms with van der Waals surface area (Å²) in [7, 11) is 4.01. The zero-order chi connectivity index (χ0) is 14.8. The van der Waals surface area contributed by atoms with E-state index in [1.807, 2.05) is 7.05 Å². The number of rotatable bonds is 8. The Morgan fingerprint density at radius 1 is 1.40 bits per heavy atom. The first-order chi connectivity index (χ1) is 9.61. The van der Waals surface area contributed by atoms with Gasteiger partial charge in [-0.3, -0.25) is 4.99 Å². The fourth-order valence-corrected chi connectivity index (χ4v) is 2.35. The van der Waals surface area contributed by atoms with E-state index in [0.29, 0.717) is 5.92 Å². The molecule has 1 unspecified atom stereocenters. The van der Waals surface area contributed by atoms with E-state index < -0.39 is 0 Å². The lowest BCUT2D eigenvalue weighted by Gasteiger charge is -2.15. The van der Waals surface area contributed by atoms with Gasteiger partial charge in [0.15, 0.2) is 5.96 Å². The first-order valence-electron chi connectivity index (χ1n) is 7.82. The third kappa shape index (κ3) is 7.70. The van der Waals surface area contributed by atoms with Crippen LogP contribution in [-0.4, -0.2) is 64.3 Å². The maximum absolute atomic E-state index is 5.56. The van der Waals surface area contributed by atoms with Gasteiger partial charge in [0.05, 0.1) is 0 Å². The van der Waals surface area contributed by atoms with Gasteiger partial charge in [0.1, 0.15) is 0 Å². The third-order valence-electron chi connectivity index (χ3n) is 3.48. The molecule has 118 valence electrons. The Morgan fingerprint density at radius 3 is 2.80 bits per heavy atom. The third-order valence-corrected chi connectivity index (χ3v) is 3.48. The highest BCUT2D eigenvalue weighted by atomic mass is 16.5. The Labute approximate surface area is 124 Å². The molecule has 2 N–H and O–H groups in total. The minimum atomic E-state index is 0.613. The molecule has 0 saturated carbocycles. The number of likely N-dealkylation sites (tertiary alicyclic amines) is 1. The average Bonchev–Trinajstić information content (AvgIpc) is 2.82. The van der Waals surface area contributed by atoms with Gasteiger partial charge >= 0.3 is 0 Å². The Kier molecular flexibility index (Phi) is 8.62. The summed E-state index contributed by atoms with van der Waals surface area (Å²) in [6.07, 6.45) is 2.29. The highest BCUT2D eigenvalue weighted by Crippen LogP contribution is 2.12. The molecule has 1 atom stereocenters. The van der Waals surface area contributed by atoms with Crippen LogP contribution in [0, 0.1) is 11.8 Å². The molecule has 20 heavy (non-hydrogen) atoms. The first-order valence-corrected chi connectivity index (χ1v) is 7.82. The highest BCUT2D eigenvalue weighted by Gasteiger charge is 2.19. The number of aliphatic imine (C=N–C) groups is 1. The van der Waals surface area contributed by atoms with Gasteiger partial charge in [0.2, 0.25) is 0 Å². The second-order valence-corrected chi connectivity index (χ2v) is 6.12. The van der Waals surface area contributed by atoms with Gasteiger partial charge in [-0.15, -0.1) is 0 Å². The summed E-state index contributed by atoms with van der Waals surface area (Å²) >= 11 is 0. The molecule has 1 aliphatic rings. The van der Waals surface area contributed by atoms with Crippen molar-refractivity contribution in [1.29, 1.82) is 0 Å². The number of ether oxygens (including phenoxy) is 1. The molecule has 1 saturated heterocycles. The summed E-state index contributed by atoms with van der Waals surface area (Å²) in [6, 6.07) is 0. The lowest BCUT2D eigenvalue weighted by atomic mass is 10.1. The van der Waals surface area contributed by atoms with E-state index in [2.05, 4.69) is 41.4 Å². The smallest absolute Gasteiger partial charge is 0.190 e. The fourth-order valence-electron chi connectivity index (χ4n) is 2.35. The Hall–Kier alpha value is -0.810. The molecule has 1 fully saturated rings. The second kappa shape index (κ2) is 10.00. The van der Waals surface area contributed by atoms with E-state index >= 15 is 0 Å².